The summed E-state index contributed by atoms with van der Waals surface area (Å²) in [6.07, 6.45) is 5.51. The highest BCUT2D eigenvalue weighted by Crippen LogP contribution is 2.36. The molecule has 1 aliphatic carbocycles. The predicted octanol–water partition coefficient (Wildman–Crippen LogP) is 2.49. The average molecular weight is 212 g/mol. The van der Waals surface area contributed by atoms with E-state index >= 15 is 0 Å². The molecular weight excluding hydrogens is 184 g/mol. The molecule has 2 nitrogen and oxygen atoms in total. The summed E-state index contributed by atoms with van der Waals surface area (Å²) in [5.41, 5.74) is 0.587. The third-order valence-corrected chi connectivity index (χ3v) is 4.08. The maximum absolute atomic E-state index is 3.26. The number of rotatable bonds is 4. The number of hydrogen-bond acceptors (Lipinski definition) is 2. The molecule has 0 aliphatic heterocycles. The minimum atomic E-state index is 0.587. The van der Waals surface area contributed by atoms with E-state index in [-0.39, 0.29) is 0 Å². The lowest BCUT2D eigenvalue weighted by Gasteiger charge is -2.41. The molecule has 0 aromatic heterocycles. The first kappa shape index (κ1) is 13.0. The standard InChI is InChI=1S/C13H28N2/c1-11(10-14-4)15(5)12-6-8-13(2,3)9-7-12/h11-12,14H,6-10H2,1-5H3. The normalized spacial score (nSPS) is 24.4. The van der Waals surface area contributed by atoms with Crippen molar-refractivity contribution in [2.24, 2.45) is 5.41 Å². The summed E-state index contributed by atoms with van der Waals surface area (Å²) in [7, 11) is 4.32. The molecule has 0 spiro atoms. The van der Waals surface area contributed by atoms with E-state index in [1.807, 2.05) is 7.05 Å². The van der Waals surface area contributed by atoms with Gasteiger partial charge < -0.3 is 5.32 Å². The maximum Gasteiger partial charge on any atom is 0.0192 e. The first-order valence-corrected chi connectivity index (χ1v) is 6.33. The molecule has 0 aromatic carbocycles. The van der Waals surface area contributed by atoms with E-state index in [4.69, 9.17) is 0 Å². The second kappa shape index (κ2) is 5.31. The fourth-order valence-electron chi connectivity index (χ4n) is 2.59. The molecule has 15 heavy (non-hydrogen) atoms. The van der Waals surface area contributed by atoms with Gasteiger partial charge in [-0.25, -0.2) is 0 Å². The van der Waals surface area contributed by atoms with Gasteiger partial charge in [0.25, 0.3) is 0 Å². The van der Waals surface area contributed by atoms with Gasteiger partial charge in [-0.15, -0.1) is 0 Å². The molecule has 2 heteroatoms. The van der Waals surface area contributed by atoms with Crippen LogP contribution in [0.1, 0.15) is 46.5 Å². The Balaban J connectivity index is 2.39. The summed E-state index contributed by atoms with van der Waals surface area (Å²) < 4.78 is 0. The van der Waals surface area contributed by atoms with Crippen molar-refractivity contribution in [1.29, 1.82) is 0 Å². The molecule has 0 bridgehead atoms. The number of nitrogens with one attached hydrogen (secondary N) is 1. The van der Waals surface area contributed by atoms with Gasteiger partial charge in [0.05, 0.1) is 0 Å². The zero-order valence-electron chi connectivity index (χ0n) is 11.1. The van der Waals surface area contributed by atoms with E-state index in [0.717, 1.165) is 12.6 Å². The van der Waals surface area contributed by atoms with E-state index in [9.17, 15) is 0 Å². The topological polar surface area (TPSA) is 15.3 Å². The molecule has 1 atom stereocenters. The fraction of sp³-hybridized carbons (Fsp3) is 1.00. The third-order valence-electron chi connectivity index (χ3n) is 4.08. The summed E-state index contributed by atoms with van der Waals surface area (Å²) in [5, 5.41) is 3.26. The highest BCUT2D eigenvalue weighted by Gasteiger charge is 2.29. The van der Waals surface area contributed by atoms with Crippen LogP contribution in [0.15, 0.2) is 0 Å². The van der Waals surface area contributed by atoms with E-state index in [0.29, 0.717) is 11.5 Å². The molecular formula is C13H28N2. The third kappa shape index (κ3) is 3.76. The summed E-state index contributed by atoms with van der Waals surface area (Å²) >= 11 is 0. The SMILES string of the molecule is CNCC(C)N(C)C1CCC(C)(C)CC1. The largest absolute Gasteiger partial charge is 0.318 e. The monoisotopic (exact) mass is 212 g/mol. The van der Waals surface area contributed by atoms with Gasteiger partial charge in [-0.3, -0.25) is 4.90 Å². The Labute approximate surface area is 95.4 Å². The van der Waals surface area contributed by atoms with Gasteiger partial charge in [-0.05, 0) is 52.1 Å². The van der Waals surface area contributed by atoms with Crippen LogP contribution >= 0.6 is 0 Å². The predicted molar refractivity (Wildman–Crippen MR) is 67.2 cm³/mol. The van der Waals surface area contributed by atoms with Gasteiger partial charge in [0.15, 0.2) is 0 Å². The Morgan fingerprint density at radius 1 is 1.33 bits per heavy atom. The van der Waals surface area contributed by atoms with E-state index in [2.05, 4.69) is 38.0 Å². The molecule has 1 saturated carbocycles. The van der Waals surface area contributed by atoms with Crippen molar-refractivity contribution in [3.63, 3.8) is 0 Å². The maximum atomic E-state index is 3.26. The smallest absolute Gasteiger partial charge is 0.0192 e. The zero-order valence-corrected chi connectivity index (χ0v) is 11.1. The summed E-state index contributed by atoms with van der Waals surface area (Å²) in [5.74, 6) is 0. The molecule has 1 unspecified atom stereocenters. The molecule has 1 rings (SSSR count). The highest BCUT2D eigenvalue weighted by atomic mass is 15.2. The van der Waals surface area contributed by atoms with Crippen molar-refractivity contribution < 1.29 is 0 Å². The molecule has 1 N–H and O–H groups in total. The van der Waals surface area contributed by atoms with Crippen molar-refractivity contribution in [3.8, 4) is 0 Å². The van der Waals surface area contributed by atoms with Crippen LogP contribution in [0, 0.1) is 5.41 Å². The van der Waals surface area contributed by atoms with Gasteiger partial charge in [0.1, 0.15) is 0 Å². The van der Waals surface area contributed by atoms with Crippen molar-refractivity contribution in [2.75, 3.05) is 20.6 Å². The Hall–Kier alpha value is -0.0800. The summed E-state index contributed by atoms with van der Waals surface area (Å²) in [6.45, 7) is 8.22. The van der Waals surface area contributed by atoms with E-state index in [1.165, 1.54) is 25.7 Å². The van der Waals surface area contributed by atoms with Crippen LogP contribution in [0.2, 0.25) is 0 Å². The van der Waals surface area contributed by atoms with Crippen LogP contribution in [0.5, 0.6) is 0 Å². The average Bonchev–Trinajstić information content (AvgIpc) is 2.17. The van der Waals surface area contributed by atoms with Crippen molar-refractivity contribution in [3.05, 3.63) is 0 Å². The summed E-state index contributed by atoms with van der Waals surface area (Å²) in [4.78, 5) is 2.56. The van der Waals surface area contributed by atoms with Gasteiger partial charge in [0, 0.05) is 18.6 Å². The Morgan fingerprint density at radius 3 is 2.33 bits per heavy atom. The van der Waals surface area contributed by atoms with E-state index in [1.54, 1.807) is 0 Å². The van der Waals surface area contributed by atoms with Crippen molar-refractivity contribution in [1.82, 2.24) is 10.2 Å². The van der Waals surface area contributed by atoms with Gasteiger partial charge in [0.2, 0.25) is 0 Å². The lowest BCUT2D eigenvalue weighted by molar-refractivity contribution is 0.100. The minimum Gasteiger partial charge on any atom is -0.318 e. The van der Waals surface area contributed by atoms with Crippen LogP contribution in [0.3, 0.4) is 0 Å². The van der Waals surface area contributed by atoms with Gasteiger partial charge >= 0.3 is 0 Å². The van der Waals surface area contributed by atoms with Crippen molar-refractivity contribution >= 4 is 0 Å². The highest BCUT2D eigenvalue weighted by molar-refractivity contribution is 4.84. The first-order valence-electron chi connectivity index (χ1n) is 6.33. The molecule has 0 aromatic rings. The lowest BCUT2D eigenvalue weighted by atomic mass is 9.75. The van der Waals surface area contributed by atoms with Crippen molar-refractivity contribution in [2.45, 2.75) is 58.5 Å². The van der Waals surface area contributed by atoms with Crippen LogP contribution < -0.4 is 5.32 Å². The number of hydrogen-bond donors (Lipinski definition) is 1. The molecule has 0 saturated heterocycles. The van der Waals surface area contributed by atoms with Crippen LogP contribution in [0.25, 0.3) is 0 Å². The van der Waals surface area contributed by atoms with Crippen LogP contribution in [-0.4, -0.2) is 37.6 Å². The molecule has 90 valence electrons. The molecule has 1 aliphatic rings. The van der Waals surface area contributed by atoms with Gasteiger partial charge in [-0.1, -0.05) is 13.8 Å². The lowest BCUT2D eigenvalue weighted by Crippen LogP contribution is -2.45. The number of nitrogens with zero attached hydrogens (tertiary/aromatic N) is 1. The summed E-state index contributed by atoms with van der Waals surface area (Å²) in [6, 6.07) is 1.46. The molecule has 0 amide bonds. The Morgan fingerprint density at radius 2 is 1.87 bits per heavy atom. The quantitative estimate of drug-likeness (QED) is 0.770. The van der Waals surface area contributed by atoms with Crippen LogP contribution in [0.4, 0.5) is 0 Å². The molecule has 0 radical (unpaired) electrons. The zero-order chi connectivity index (χ0) is 11.5. The van der Waals surface area contributed by atoms with Crippen LogP contribution in [-0.2, 0) is 0 Å². The molecule has 1 fully saturated rings. The number of likely N-dealkylation sites (N-methyl/N-ethyl adjacent to an activating group) is 2. The first-order chi connectivity index (χ1) is 6.96. The fourth-order valence-corrected chi connectivity index (χ4v) is 2.59. The van der Waals surface area contributed by atoms with E-state index < -0.39 is 0 Å². The Kier molecular flexibility index (Phi) is 4.60. The minimum absolute atomic E-state index is 0.587. The second-order valence-corrected chi connectivity index (χ2v) is 5.97. The van der Waals surface area contributed by atoms with Gasteiger partial charge in [-0.2, -0.15) is 0 Å². The second-order valence-electron chi connectivity index (χ2n) is 5.97. The Bertz CT molecular complexity index is 179. The molecule has 0 heterocycles.